The van der Waals surface area contributed by atoms with Gasteiger partial charge in [-0.15, -0.1) is 0 Å². The molecule has 0 aliphatic carbocycles. The van der Waals surface area contributed by atoms with Gasteiger partial charge in [-0.2, -0.15) is 0 Å². The Balaban J connectivity index is 3.15. The Hall–Kier alpha value is -0.730. The van der Waals surface area contributed by atoms with Crippen LogP contribution >= 0.6 is 0 Å². The molecule has 0 aromatic carbocycles. The molecule has 0 heterocycles. The van der Waals surface area contributed by atoms with E-state index in [9.17, 15) is 0 Å². The zero-order valence-electron chi connectivity index (χ0n) is 9.45. The minimum Gasteiger partial charge on any atom is -0.304 e. The quantitative estimate of drug-likeness (QED) is 0.243. The summed E-state index contributed by atoms with van der Waals surface area (Å²) >= 11 is 0. The van der Waals surface area contributed by atoms with Gasteiger partial charge in [0.05, 0.1) is 0 Å². The predicted octanol–water partition coefficient (Wildman–Crippen LogP) is 3.20. The summed E-state index contributed by atoms with van der Waals surface area (Å²) < 4.78 is 0. The molecule has 0 saturated heterocycles. The summed E-state index contributed by atoms with van der Waals surface area (Å²) in [7, 11) is 0. The molecular formula is C10H22N4. The van der Waals surface area contributed by atoms with Gasteiger partial charge in [-0.3, -0.25) is 0 Å². The Bertz CT molecular complexity index is 160. The zero-order chi connectivity index (χ0) is 10.6. The molecule has 0 spiro atoms. The lowest BCUT2D eigenvalue weighted by molar-refractivity contribution is 0.295. The molecule has 0 unspecified atom stereocenters. The van der Waals surface area contributed by atoms with Crippen LogP contribution in [0.4, 0.5) is 0 Å². The van der Waals surface area contributed by atoms with Crippen molar-refractivity contribution >= 4 is 0 Å². The molecule has 14 heavy (non-hydrogen) atoms. The third-order valence-electron chi connectivity index (χ3n) is 2.44. The van der Waals surface area contributed by atoms with E-state index in [2.05, 4.69) is 28.8 Å². The summed E-state index contributed by atoms with van der Waals surface area (Å²) in [6, 6.07) is 0. The van der Waals surface area contributed by atoms with Crippen molar-refractivity contribution in [2.75, 3.05) is 26.2 Å². The molecular weight excluding hydrogens is 176 g/mol. The van der Waals surface area contributed by atoms with Crippen LogP contribution in [0.1, 0.15) is 39.5 Å². The molecule has 0 aromatic heterocycles. The Kier molecular flexibility index (Phi) is 9.81. The molecule has 4 heteroatoms. The van der Waals surface area contributed by atoms with E-state index in [-0.39, 0.29) is 0 Å². The van der Waals surface area contributed by atoms with Gasteiger partial charge in [0.15, 0.2) is 0 Å². The van der Waals surface area contributed by atoms with Gasteiger partial charge in [0.2, 0.25) is 0 Å². The minimum atomic E-state index is 0.655. The van der Waals surface area contributed by atoms with E-state index < -0.39 is 0 Å². The van der Waals surface area contributed by atoms with E-state index in [4.69, 9.17) is 5.53 Å². The van der Waals surface area contributed by atoms with Gasteiger partial charge in [-0.05, 0) is 38.0 Å². The maximum absolute atomic E-state index is 8.06. The van der Waals surface area contributed by atoms with Gasteiger partial charge in [0.25, 0.3) is 0 Å². The van der Waals surface area contributed by atoms with Crippen molar-refractivity contribution in [1.82, 2.24) is 4.90 Å². The molecule has 0 amide bonds. The maximum atomic E-state index is 8.06. The molecule has 0 fully saturated rings. The number of hydrogen-bond donors (Lipinski definition) is 0. The fourth-order valence-electron chi connectivity index (χ4n) is 1.46. The van der Waals surface area contributed by atoms with Gasteiger partial charge in [0.1, 0.15) is 0 Å². The van der Waals surface area contributed by atoms with E-state index in [1.54, 1.807) is 0 Å². The number of nitrogens with zero attached hydrogens (tertiary/aromatic N) is 4. The number of rotatable bonds is 9. The smallest absolute Gasteiger partial charge is 0.0257 e. The zero-order valence-corrected chi connectivity index (χ0v) is 9.45. The lowest BCUT2D eigenvalue weighted by Crippen LogP contribution is -2.23. The van der Waals surface area contributed by atoms with Gasteiger partial charge in [0, 0.05) is 11.5 Å². The SMILES string of the molecule is CCN(CC)CCCCCCN=[N+]=[N-]. The molecule has 0 aliphatic rings. The summed E-state index contributed by atoms with van der Waals surface area (Å²) in [4.78, 5) is 5.16. The van der Waals surface area contributed by atoms with Gasteiger partial charge >= 0.3 is 0 Å². The molecule has 0 aromatic rings. The van der Waals surface area contributed by atoms with E-state index >= 15 is 0 Å². The molecule has 4 nitrogen and oxygen atoms in total. The Morgan fingerprint density at radius 1 is 1.07 bits per heavy atom. The fourth-order valence-corrected chi connectivity index (χ4v) is 1.46. The monoisotopic (exact) mass is 198 g/mol. The van der Waals surface area contributed by atoms with Crippen molar-refractivity contribution in [1.29, 1.82) is 0 Å². The third-order valence-corrected chi connectivity index (χ3v) is 2.44. The van der Waals surface area contributed by atoms with Gasteiger partial charge in [-0.1, -0.05) is 31.8 Å². The van der Waals surface area contributed by atoms with Crippen LogP contribution in [0.2, 0.25) is 0 Å². The highest BCUT2D eigenvalue weighted by Crippen LogP contribution is 2.02. The lowest BCUT2D eigenvalue weighted by Gasteiger charge is -2.17. The molecule has 0 radical (unpaired) electrons. The Morgan fingerprint density at radius 3 is 2.29 bits per heavy atom. The average molecular weight is 198 g/mol. The van der Waals surface area contributed by atoms with Crippen molar-refractivity contribution in [2.45, 2.75) is 39.5 Å². The molecule has 82 valence electrons. The van der Waals surface area contributed by atoms with Gasteiger partial charge < -0.3 is 4.90 Å². The fraction of sp³-hybridized carbons (Fsp3) is 1.00. The third kappa shape index (κ3) is 7.90. The summed E-state index contributed by atoms with van der Waals surface area (Å²) in [5, 5.41) is 3.51. The first kappa shape index (κ1) is 13.3. The second-order valence-corrected chi connectivity index (χ2v) is 3.40. The molecule has 0 rings (SSSR count). The average Bonchev–Trinajstić information content (AvgIpc) is 2.22. The van der Waals surface area contributed by atoms with Crippen LogP contribution in [-0.2, 0) is 0 Å². The van der Waals surface area contributed by atoms with Crippen molar-refractivity contribution in [2.24, 2.45) is 5.11 Å². The maximum Gasteiger partial charge on any atom is 0.0257 e. The first-order chi connectivity index (χ1) is 6.85. The van der Waals surface area contributed by atoms with E-state index in [0.717, 1.165) is 19.5 Å². The van der Waals surface area contributed by atoms with Crippen LogP contribution in [0.3, 0.4) is 0 Å². The predicted molar refractivity (Wildman–Crippen MR) is 60.3 cm³/mol. The highest BCUT2D eigenvalue weighted by Gasteiger charge is 1.97. The van der Waals surface area contributed by atoms with E-state index in [1.165, 1.54) is 25.8 Å². The second-order valence-electron chi connectivity index (χ2n) is 3.40. The van der Waals surface area contributed by atoms with Crippen molar-refractivity contribution in [3.05, 3.63) is 10.4 Å². The normalized spacial score (nSPS) is 10.2. The Labute approximate surface area is 86.9 Å². The summed E-state index contributed by atoms with van der Waals surface area (Å²) in [5.41, 5.74) is 8.06. The van der Waals surface area contributed by atoms with Crippen LogP contribution in [0.5, 0.6) is 0 Å². The first-order valence-corrected chi connectivity index (χ1v) is 5.58. The highest BCUT2D eigenvalue weighted by molar-refractivity contribution is 4.54. The standard InChI is InChI=1S/C10H22N4/c1-3-14(4-2)10-8-6-5-7-9-12-13-11/h3-10H2,1-2H3. The number of hydrogen-bond acceptors (Lipinski definition) is 2. The van der Waals surface area contributed by atoms with Crippen LogP contribution < -0.4 is 0 Å². The summed E-state index contributed by atoms with van der Waals surface area (Å²) in [5.74, 6) is 0. The molecule has 0 N–H and O–H groups in total. The van der Waals surface area contributed by atoms with Crippen molar-refractivity contribution in [3.63, 3.8) is 0 Å². The molecule has 0 bridgehead atoms. The molecule has 0 saturated carbocycles. The number of azide groups is 1. The van der Waals surface area contributed by atoms with Crippen LogP contribution in [-0.4, -0.2) is 31.1 Å². The largest absolute Gasteiger partial charge is 0.304 e. The highest BCUT2D eigenvalue weighted by atomic mass is 15.1. The molecule has 0 aliphatic heterocycles. The van der Waals surface area contributed by atoms with Crippen LogP contribution in [0.15, 0.2) is 5.11 Å². The first-order valence-electron chi connectivity index (χ1n) is 5.58. The molecule has 0 atom stereocenters. The Morgan fingerprint density at radius 2 is 1.71 bits per heavy atom. The summed E-state index contributed by atoms with van der Waals surface area (Å²) in [6.45, 7) is 8.55. The van der Waals surface area contributed by atoms with Crippen LogP contribution in [0.25, 0.3) is 10.4 Å². The van der Waals surface area contributed by atoms with E-state index in [0.29, 0.717) is 6.54 Å². The summed E-state index contributed by atoms with van der Waals surface area (Å²) in [6.07, 6.45) is 4.72. The second kappa shape index (κ2) is 10.4. The van der Waals surface area contributed by atoms with Gasteiger partial charge in [-0.25, -0.2) is 0 Å². The van der Waals surface area contributed by atoms with Crippen molar-refractivity contribution < 1.29 is 0 Å². The lowest BCUT2D eigenvalue weighted by atomic mass is 10.2. The van der Waals surface area contributed by atoms with E-state index in [1.807, 2.05) is 0 Å². The van der Waals surface area contributed by atoms with Crippen molar-refractivity contribution in [3.8, 4) is 0 Å². The van der Waals surface area contributed by atoms with Crippen LogP contribution in [0, 0.1) is 0 Å². The number of unbranched alkanes of at least 4 members (excludes halogenated alkanes) is 3. The topological polar surface area (TPSA) is 52.0 Å². The minimum absolute atomic E-state index is 0.655.